The van der Waals surface area contributed by atoms with Gasteiger partial charge in [-0.3, -0.25) is 0 Å². The summed E-state index contributed by atoms with van der Waals surface area (Å²) in [6.45, 7) is 1.15. The van der Waals surface area contributed by atoms with E-state index in [0.717, 1.165) is 32.3 Å². The number of nitrogens with zero attached hydrogens (tertiary/aromatic N) is 1. The molecule has 2 atom stereocenters. The Morgan fingerprint density at radius 3 is 2.64 bits per heavy atom. The van der Waals surface area contributed by atoms with E-state index in [0.29, 0.717) is 12.5 Å². The van der Waals surface area contributed by atoms with Crippen LogP contribution in [0, 0.1) is 22.7 Å². The molecule has 1 heterocycles. The van der Waals surface area contributed by atoms with E-state index in [4.69, 9.17) is 4.74 Å². The third-order valence-electron chi connectivity index (χ3n) is 3.66. The molecule has 1 aliphatic carbocycles. The van der Waals surface area contributed by atoms with E-state index in [1.165, 1.54) is 6.42 Å². The molecule has 2 unspecified atom stereocenters. The summed E-state index contributed by atoms with van der Waals surface area (Å²) in [5.41, 5.74) is -0.608. The van der Waals surface area contributed by atoms with Crippen molar-refractivity contribution in [2.75, 3.05) is 13.2 Å². The van der Waals surface area contributed by atoms with Crippen molar-refractivity contribution in [3.05, 3.63) is 0 Å². The van der Waals surface area contributed by atoms with Gasteiger partial charge in [-0.15, -0.1) is 0 Å². The van der Waals surface area contributed by atoms with Crippen molar-refractivity contribution in [2.24, 2.45) is 11.3 Å². The fraction of sp³-hybridized carbons (Fsp3) is 0.909. The van der Waals surface area contributed by atoms with E-state index >= 15 is 0 Å². The van der Waals surface area contributed by atoms with Crippen LogP contribution in [0.15, 0.2) is 0 Å². The van der Waals surface area contributed by atoms with Gasteiger partial charge in [0, 0.05) is 6.61 Å². The third kappa shape index (κ3) is 1.53. The number of hydrogen-bond donors (Lipinski definition) is 1. The van der Waals surface area contributed by atoms with Crippen LogP contribution in [0.4, 0.5) is 0 Å². The van der Waals surface area contributed by atoms with Gasteiger partial charge in [-0.05, 0) is 31.6 Å². The number of rotatable bonds is 2. The SMILES string of the molecule is N#CC1(C(O)C2CCC2)CCCOC1. The fourth-order valence-corrected chi connectivity index (χ4v) is 2.41. The molecule has 0 aromatic carbocycles. The van der Waals surface area contributed by atoms with Gasteiger partial charge in [0.25, 0.3) is 0 Å². The Balaban J connectivity index is 2.06. The maximum Gasteiger partial charge on any atom is 0.107 e. The Labute approximate surface area is 84.7 Å². The second-order valence-corrected chi connectivity index (χ2v) is 4.56. The lowest BCUT2D eigenvalue weighted by Crippen LogP contribution is -2.47. The molecular weight excluding hydrogens is 178 g/mol. The van der Waals surface area contributed by atoms with Gasteiger partial charge in [0.15, 0.2) is 0 Å². The lowest BCUT2D eigenvalue weighted by molar-refractivity contribution is -0.0856. The Bertz CT molecular complexity index is 236. The topological polar surface area (TPSA) is 53.2 Å². The molecule has 1 aliphatic heterocycles. The molecule has 3 heteroatoms. The second-order valence-electron chi connectivity index (χ2n) is 4.56. The maximum absolute atomic E-state index is 10.1. The lowest BCUT2D eigenvalue weighted by atomic mass is 9.68. The lowest BCUT2D eigenvalue weighted by Gasteiger charge is -2.41. The van der Waals surface area contributed by atoms with E-state index in [-0.39, 0.29) is 0 Å². The molecule has 0 bridgehead atoms. The van der Waals surface area contributed by atoms with Gasteiger partial charge >= 0.3 is 0 Å². The average Bonchev–Trinajstić information content (AvgIpc) is 2.16. The monoisotopic (exact) mass is 195 g/mol. The van der Waals surface area contributed by atoms with Gasteiger partial charge < -0.3 is 9.84 Å². The molecule has 3 nitrogen and oxygen atoms in total. The standard InChI is InChI=1S/C11H17NO2/c12-7-11(5-2-6-14-8-11)10(13)9-3-1-4-9/h9-10,13H,1-6,8H2. The first kappa shape index (κ1) is 9.95. The summed E-state index contributed by atoms with van der Waals surface area (Å²) in [7, 11) is 0. The molecule has 0 amide bonds. The minimum atomic E-state index is -0.608. The molecule has 14 heavy (non-hydrogen) atoms. The van der Waals surface area contributed by atoms with Gasteiger partial charge in [0.1, 0.15) is 5.41 Å². The van der Waals surface area contributed by atoms with Crippen molar-refractivity contribution in [3.63, 3.8) is 0 Å². The molecule has 2 aliphatic rings. The van der Waals surface area contributed by atoms with Gasteiger partial charge in [-0.2, -0.15) is 5.26 Å². The summed E-state index contributed by atoms with van der Waals surface area (Å²) in [6, 6.07) is 2.29. The van der Waals surface area contributed by atoms with Crippen LogP contribution in [-0.2, 0) is 4.74 Å². The molecular formula is C11H17NO2. The molecule has 0 radical (unpaired) electrons. The highest BCUT2D eigenvalue weighted by Crippen LogP contribution is 2.41. The molecule has 0 aromatic heterocycles. The zero-order valence-electron chi connectivity index (χ0n) is 8.41. The Kier molecular flexibility index (Phi) is 2.76. The summed E-state index contributed by atoms with van der Waals surface area (Å²) in [4.78, 5) is 0. The number of hydrogen-bond acceptors (Lipinski definition) is 3. The van der Waals surface area contributed by atoms with E-state index in [1.807, 2.05) is 0 Å². The minimum absolute atomic E-state index is 0.344. The number of aliphatic hydroxyl groups is 1. The summed E-state index contributed by atoms with van der Waals surface area (Å²) >= 11 is 0. The Morgan fingerprint density at radius 2 is 2.21 bits per heavy atom. The predicted octanol–water partition coefficient (Wildman–Crippen LogP) is 1.47. The van der Waals surface area contributed by atoms with E-state index in [2.05, 4.69) is 6.07 Å². The minimum Gasteiger partial charge on any atom is -0.391 e. The summed E-state index contributed by atoms with van der Waals surface area (Å²) in [5, 5.41) is 19.3. The normalized spacial score (nSPS) is 35.7. The molecule has 1 saturated carbocycles. The summed E-state index contributed by atoms with van der Waals surface area (Å²) < 4.78 is 5.33. The van der Waals surface area contributed by atoms with Crippen LogP contribution < -0.4 is 0 Å². The predicted molar refractivity (Wildman–Crippen MR) is 51.4 cm³/mol. The van der Waals surface area contributed by atoms with Crippen molar-refractivity contribution >= 4 is 0 Å². The highest BCUT2D eigenvalue weighted by Gasteiger charge is 2.45. The van der Waals surface area contributed by atoms with Crippen molar-refractivity contribution in [1.82, 2.24) is 0 Å². The van der Waals surface area contributed by atoms with Crippen molar-refractivity contribution < 1.29 is 9.84 Å². The van der Waals surface area contributed by atoms with Gasteiger partial charge in [0.05, 0.1) is 18.8 Å². The van der Waals surface area contributed by atoms with Crippen molar-refractivity contribution in [1.29, 1.82) is 5.26 Å². The van der Waals surface area contributed by atoms with Crippen LogP contribution in [0.2, 0.25) is 0 Å². The number of nitriles is 1. The first-order chi connectivity index (χ1) is 6.78. The highest BCUT2D eigenvalue weighted by molar-refractivity contribution is 5.07. The molecule has 2 fully saturated rings. The molecule has 0 spiro atoms. The van der Waals surface area contributed by atoms with Crippen LogP contribution >= 0.6 is 0 Å². The molecule has 1 saturated heterocycles. The number of aliphatic hydroxyl groups excluding tert-OH is 1. The largest absolute Gasteiger partial charge is 0.391 e. The van der Waals surface area contributed by atoms with Crippen LogP contribution in [-0.4, -0.2) is 24.4 Å². The van der Waals surface area contributed by atoms with Crippen LogP contribution in [0.25, 0.3) is 0 Å². The second kappa shape index (κ2) is 3.88. The first-order valence-corrected chi connectivity index (χ1v) is 5.45. The highest BCUT2D eigenvalue weighted by atomic mass is 16.5. The molecule has 2 rings (SSSR count). The Morgan fingerprint density at radius 1 is 1.43 bits per heavy atom. The molecule has 78 valence electrons. The van der Waals surface area contributed by atoms with Gasteiger partial charge in [-0.1, -0.05) is 6.42 Å². The maximum atomic E-state index is 10.1. The average molecular weight is 195 g/mol. The van der Waals surface area contributed by atoms with Crippen LogP contribution in [0.5, 0.6) is 0 Å². The quantitative estimate of drug-likeness (QED) is 0.726. The molecule has 0 aromatic rings. The van der Waals surface area contributed by atoms with Gasteiger partial charge in [0.2, 0.25) is 0 Å². The van der Waals surface area contributed by atoms with E-state index < -0.39 is 11.5 Å². The van der Waals surface area contributed by atoms with Crippen LogP contribution in [0.3, 0.4) is 0 Å². The zero-order chi connectivity index (χ0) is 10.0. The first-order valence-electron chi connectivity index (χ1n) is 5.45. The zero-order valence-corrected chi connectivity index (χ0v) is 8.41. The molecule has 1 N–H and O–H groups in total. The van der Waals surface area contributed by atoms with Gasteiger partial charge in [-0.25, -0.2) is 0 Å². The smallest absolute Gasteiger partial charge is 0.107 e. The third-order valence-corrected chi connectivity index (χ3v) is 3.66. The van der Waals surface area contributed by atoms with E-state index in [9.17, 15) is 10.4 Å². The summed E-state index contributed by atoms with van der Waals surface area (Å²) in [6.07, 6.45) is 4.57. The van der Waals surface area contributed by atoms with Crippen LogP contribution in [0.1, 0.15) is 32.1 Å². The summed E-state index contributed by atoms with van der Waals surface area (Å²) in [5.74, 6) is 0.344. The fourth-order valence-electron chi connectivity index (χ4n) is 2.41. The van der Waals surface area contributed by atoms with Crippen molar-refractivity contribution in [2.45, 2.75) is 38.2 Å². The Hall–Kier alpha value is -0.590. The van der Waals surface area contributed by atoms with E-state index in [1.54, 1.807) is 0 Å². The van der Waals surface area contributed by atoms with Crippen molar-refractivity contribution in [3.8, 4) is 6.07 Å². The number of ether oxygens (including phenoxy) is 1.